The summed E-state index contributed by atoms with van der Waals surface area (Å²) in [5.41, 5.74) is 4.47. The quantitative estimate of drug-likeness (QED) is 0.0448. The summed E-state index contributed by atoms with van der Waals surface area (Å²) in [6, 6.07) is 0. The number of aromatic nitrogens is 9. The first-order valence-corrected chi connectivity index (χ1v) is 24.2. The highest BCUT2D eigenvalue weighted by molar-refractivity contribution is 7.99. The Kier molecular flexibility index (Phi) is 17.2. The van der Waals surface area contributed by atoms with Gasteiger partial charge < -0.3 is 75.5 Å². The largest absolute Gasteiger partial charge is 0.394 e. The van der Waals surface area contributed by atoms with E-state index in [0.717, 1.165) is 68.7 Å². The minimum absolute atomic E-state index is 0.234. The fourth-order valence-electron chi connectivity index (χ4n) is 8.15. The molecule has 15 atom stereocenters. The number of rotatable bonds is 18. The third-order valence-corrected chi connectivity index (χ3v) is 15.7. The van der Waals surface area contributed by atoms with E-state index < -0.39 is 109 Å². The molecule has 0 saturated carbocycles. The third-order valence-electron chi connectivity index (χ3n) is 12.2. The summed E-state index contributed by atoms with van der Waals surface area (Å²) >= 11 is 3.43. The van der Waals surface area contributed by atoms with E-state index in [1.165, 1.54) is 0 Å². The second-order valence-corrected chi connectivity index (χ2v) is 19.8. The third kappa shape index (κ3) is 11.1. The fraction of sp³-hybridized carbons (Fsp3) is 0.692. The number of benzene rings is 1. The smallest absolute Gasteiger partial charge is 0.132 e. The van der Waals surface area contributed by atoms with Crippen molar-refractivity contribution in [2.45, 2.75) is 147 Å². The molecule has 3 aliphatic heterocycles. The van der Waals surface area contributed by atoms with Crippen LogP contribution in [0.25, 0.3) is 0 Å². The van der Waals surface area contributed by atoms with Gasteiger partial charge in [0.15, 0.2) is 0 Å². The van der Waals surface area contributed by atoms with Gasteiger partial charge in [0.25, 0.3) is 0 Å². The van der Waals surface area contributed by atoms with Gasteiger partial charge in [0.1, 0.15) is 89.6 Å². The molecule has 366 valence electrons. The Labute approximate surface area is 390 Å². The van der Waals surface area contributed by atoms with E-state index in [1.807, 2.05) is 20.8 Å². The summed E-state index contributed by atoms with van der Waals surface area (Å²) in [4.78, 5) is 0. The molecule has 4 aromatic rings. The molecule has 0 spiro atoms. The maximum absolute atomic E-state index is 10.5. The van der Waals surface area contributed by atoms with Crippen molar-refractivity contribution >= 4 is 35.3 Å². The predicted octanol–water partition coefficient (Wildman–Crippen LogP) is -4.37. The number of hydrogen-bond acceptors (Lipinski definition) is 24. The van der Waals surface area contributed by atoms with Crippen LogP contribution < -0.4 is 0 Å². The first-order valence-electron chi connectivity index (χ1n) is 21.1. The zero-order chi connectivity index (χ0) is 47.6. The normalized spacial score (nSPS) is 32.9. The van der Waals surface area contributed by atoms with Crippen LogP contribution in [0.1, 0.15) is 50.5 Å². The summed E-state index contributed by atoms with van der Waals surface area (Å²) in [6.07, 6.45) is -11.0. The molecule has 7 rings (SSSR count). The van der Waals surface area contributed by atoms with Crippen molar-refractivity contribution in [3.63, 3.8) is 0 Å². The van der Waals surface area contributed by atoms with Crippen LogP contribution in [0, 0.1) is 20.8 Å². The number of ether oxygens (including phenoxy) is 3. The van der Waals surface area contributed by atoms with Gasteiger partial charge in [0, 0.05) is 35.8 Å². The number of aliphatic hydroxyl groups excluding tert-OH is 12. The lowest BCUT2D eigenvalue weighted by molar-refractivity contribution is -0.205. The van der Waals surface area contributed by atoms with E-state index in [9.17, 15) is 61.3 Å². The van der Waals surface area contributed by atoms with Gasteiger partial charge in [-0.25, -0.2) is 14.0 Å². The minimum Gasteiger partial charge on any atom is -0.394 e. The van der Waals surface area contributed by atoms with Crippen molar-refractivity contribution in [1.29, 1.82) is 0 Å². The molecule has 0 radical (unpaired) electrons. The van der Waals surface area contributed by atoms with Crippen molar-refractivity contribution in [2.75, 3.05) is 19.8 Å². The lowest BCUT2D eigenvalue weighted by atomic mass is 9.88. The Morgan fingerprint density at radius 1 is 0.424 bits per heavy atom. The highest BCUT2D eigenvalue weighted by Crippen LogP contribution is 2.34. The maximum Gasteiger partial charge on any atom is 0.132 e. The van der Waals surface area contributed by atoms with E-state index in [4.69, 9.17) is 14.2 Å². The Hall–Kier alpha value is -2.91. The average Bonchev–Trinajstić information content (AvgIpc) is 4.09. The van der Waals surface area contributed by atoms with Gasteiger partial charge >= 0.3 is 0 Å². The summed E-state index contributed by atoms with van der Waals surface area (Å²) in [6.45, 7) is 5.27. The van der Waals surface area contributed by atoms with Crippen molar-refractivity contribution in [2.24, 2.45) is 0 Å². The van der Waals surface area contributed by atoms with Gasteiger partial charge in [-0.05, 0) is 54.2 Å². The Balaban J connectivity index is 1.10. The molecule has 3 aromatic heterocycles. The Morgan fingerprint density at radius 2 is 0.682 bits per heavy atom. The molecule has 66 heavy (non-hydrogen) atoms. The molecule has 1 aromatic carbocycles. The van der Waals surface area contributed by atoms with E-state index in [2.05, 4.69) is 30.9 Å². The SMILES string of the molecule is Cc1c(Cn2cc(CS[C@H]3O[C@H](CO)[C@@H](O)[C@H](O)[C@@H]3O)nn2)c(C)c(Cn2cc(CS[C@H]3O[C@H](CO)[C@@H](O)[C@H](O)[C@@H]3O)nn2)c(C)c1Cn1cc(CS[C@H]2O[C@H](CO)[C@@H](O)[C@H](O)[C@@H]2O)nn1. The fourth-order valence-corrected chi connectivity index (χ4v) is 11.3. The highest BCUT2D eigenvalue weighted by Gasteiger charge is 2.46. The summed E-state index contributed by atoms with van der Waals surface area (Å²) in [7, 11) is 0. The van der Waals surface area contributed by atoms with Crippen LogP contribution in [-0.4, -0.2) is 216 Å². The second-order valence-electron chi connectivity index (χ2n) is 16.6. The number of nitrogens with zero attached hydrogens (tertiary/aromatic N) is 9. The van der Waals surface area contributed by atoms with Gasteiger partial charge in [-0.15, -0.1) is 50.6 Å². The molecule has 3 saturated heterocycles. The average molecular weight is 988 g/mol. The number of thioether (sulfide) groups is 3. The molecular weight excluding hydrogens is 931 g/mol. The van der Waals surface area contributed by atoms with Crippen LogP contribution in [0.2, 0.25) is 0 Å². The molecule has 12 N–H and O–H groups in total. The van der Waals surface area contributed by atoms with Gasteiger partial charge in [-0.3, -0.25) is 0 Å². The maximum atomic E-state index is 10.5. The molecule has 3 fully saturated rings. The lowest BCUT2D eigenvalue weighted by Gasteiger charge is -2.39. The Bertz CT molecular complexity index is 1960. The molecule has 0 amide bonds. The molecule has 27 heteroatoms. The standard InChI is InChI=1S/C39H57N9O15S3/c1-16-22(7-46-4-19(40-43-46)13-64-37-34(58)31(55)28(52)25(10-49)61-37)17(2)24(9-48-6-21(42-45-48)15-66-39-36(60)33(57)30(54)27(12-51)63-39)18(3)23(16)8-47-5-20(41-44-47)14-65-38-35(59)32(56)29(53)26(11-50)62-38/h4-6,25-39,49-60H,7-15H2,1-3H3/t25-,26-,27-,28-,29-,30-,31+,32+,33+,34+,35+,36+,37-,38-,39-/m1/s1. The summed E-state index contributed by atoms with van der Waals surface area (Å²) < 4.78 is 21.9. The molecular formula is C39H57N9O15S3. The van der Waals surface area contributed by atoms with Crippen molar-refractivity contribution in [3.8, 4) is 0 Å². The van der Waals surface area contributed by atoms with Gasteiger partial charge in [-0.1, -0.05) is 15.6 Å². The summed E-state index contributed by atoms with van der Waals surface area (Å²) in [5.74, 6) is 0.701. The lowest BCUT2D eigenvalue weighted by Crippen LogP contribution is -2.57. The molecule has 0 unspecified atom stereocenters. The highest BCUT2D eigenvalue weighted by atomic mass is 32.2. The van der Waals surface area contributed by atoms with Crippen LogP contribution in [0.4, 0.5) is 0 Å². The zero-order valence-electron chi connectivity index (χ0n) is 36.1. The molecule has 0 aliphatic carbocycles. The van der Waals surface area contributed by atoms with Crippen LogP contribution >= 0.6 is 35.3 Å². The van der Waals surface area contributed by atoms with E-state index in [-0.39, 0.29) is 17.3 Å². The van der Waals surface area contributed by atoms with Crippen molar-refractivity contribution in [3.05, 3.63) is 69.1 Å². The van der Waals surface area contributed by atoms with E-state index in [1.54, 1.807) is 32.6 Å². The monoisotopic (exact) mass is 987 g/mol. The zero-order valence-corrected chi connectivity index (χ0v) is 38.5. The van der Waals surface area contributed by atoms with Crippen LogP contribution in [0.3, 0.4) is 0 Å². The minimum atomic E-state index is -1.50. The first-order chi connectivity index (χ1) is 31.5. The van der Waals surface area contributed by atoms with Crippen LogP contribution in [0.5, 0.6) is 0 Å². The van der Waals surface area contributed by atoms with Crippen LogP contribution in [-0.2, 0) is 51.1 Å². The second kappa shape index (κ2) is 22.2. The number of aliphatic hydroxyl groups is 12. The number of hydrogen-bond donors (Lipinski definition) is 12. The predicted molar refractivity (Wildman–Crippen MR) is 233 cm³/mol. The first kappa shape index (κ1) is 51.0. The van der Waals surface area contributed by atoms with Gasteiger partial charge in [0.2, 0.25) is 0 Å². The van der Waals surface area contributed by atoms with Crippen LogP contribution in [0.15, 0.2) is 18.6 Å². The van der Waals surface area contributed by atoms with Gasteiger partial charge in [-0.2, -0.15) is 0 Å². The van der Waals surface area contributed by atoms with Crippen molar-refractivity contribution in [1.82, 2.24) is 45.0 Å². The molecule has 24 nitrogen and oxygen atoms in total. The topological polar surface area (TPSA) is 363 Å². The van der Waals surface area contributed by atoms with E-state index in [0.29, 0.717) is 36.7 Å². The molecule has 3 aliphatic rings. The van der Waals surface area contributed by atoms with Crippen molar-refractivity contribution < 1.29 is 75.5 Å². The summed E-state index contributed by atoms with van der Waals surface area (Å²) in [5, 5.41) is 148. The Morgan fingerprint density at radius 3 is 0.924 bits per heavy atom. The molecule has 6 heterocycles. The van der Waals surface area contributed by atoms with E-state index >= 15 is 0 Å². The molecule has 0 bridgehead atoms. The van der Waals surface area contributed by atoms with Gasteiger partial charge in [0.05, 0.1) is 56.5 Å².